The van der Waals surface area contributed by atoms with E-state index >= 15 is 0 Å². The van der Waals surface area contributed by atoms with Crippen LogP contribution in [-0.4, -0.2) is 28.8 Å². The highest BCUT2D eigenvalue weighted by molar-refractivity contribution is 6.16. The number of hydrogen-bond acceptors (Lipinski definition) is 3. The van der Waals surface area contributed by atoms with Crippen molar-refractivity contribution in [1.29, 1.82) is 0 Å². The van der Waals surface area contributed by atoms with Crippen LogP contribution < -0.4 is 5.32 Å². The number of nitrogens with one attached hydrogen (secondary N) is 1. The van der Waals surface area contributed by atoms with E-state index in [-0.39, 0.29) is 17.9 Å². The van der Waals surface area contributed by atoms with Crippen LogP contribution in [0.15, 0.2) is 0 Å². The fourth-order valence-electron chi connectivity index (χ4n) is 3.03. The fourth-order valence-corrected chi connectivity index (χ4v) is 3.03. The van der Waals surface area contributed by atoms with Gasteiger partial charge in [-0.3, -0.25) is 19.8 Å². The normalized spacial score (nSPS) is 27.4. The molecule has 19 heavy (non-hydrogen) atoms. The second kappa shape index (κ2) is 5.72. The number of rotatable bonds is 3. The van der Waals surface area contributed by atoms with Gasteiger partial charge in [-0.2, -0.15) is 0 Å². The number of imide groups is 2. The van der Waals surface area contributed by atoms with Crippen molar-refractivity contribution in [2.45, 2.75) is 58.4 Å². The zero-order valence-electron chi connectivity index (χ0n) is 11.6. The fraction of sp³-hybridized carbons (Fsp3) is 0.786. The van der Waals surface area contributed by atoms with Gasteiger partial charge in [0.25, 0.3) is 0 Å². The number of carbonyl (C=O) groups is 3. The molecule has 5 nitrogen and oxygen atoms in total. The maximum atomic E-state index is 12.5. The van der Waals surface area contributed by atoms with E-state index in [1.807, 2.05) is 13.8 Å². The summed E-state index contributed by atoms with van der Waals surface area (Å²) in [6, 6.07) is -0.553. The highest BCUT2D eigenvalue weighted by Crippen LogP contribution is 2.28. The third-order valence-electron chi connectivity index (χ3n) is 4.39. The van der Waals surface area contributed by atoms with Crippen molar-refractivity contribution in [3.8, 4) is 0 Å². The minimum absolute atomic E-state index is 0.0269. The lowest BCUT2D eigenvalue weighted by molar-refractivity contribution is -0.146. The Morgan fingerprint density at radius 2 is 1.84 bits per heavy atom. The van der Waals surface area contributed by atoms with Gasteiger partial charge in [0.1, 0.15) is 5.92 Å². The predicted octanol–water partition coefficient (Wildman–Crippen LogP) is 2.06. The summed E-state index contributed by atoms with van der Waals surface area (Å²) in [5.41, 5.74) is 0. The summed E-state index contributed by atoms with van der Waals surface area (Å²) >= 11 is 0. The third kappa shape index (κ3) is 2.65. The first-order valence-electron chi connectivity index (χ1n) is 7.24. The van der Waals surface area contributed by atoms with Crippen LogP contribution in [0.5, 0.6) is 0 Å². The lowest BCUT2D eigenvalue weighted by Gasteiger charge is -2.38. The molecule has 1 saturated heterocycles. The van der Waals surface area contributed by atoms with Gasteiger partial charge in [-0.05, 0) is 18.8 Å². The Bertz CT molecular complexity index is 388. The van der Waals surface area contributed by atoms with Gasteiger partial charge < -0.3 is 0 Å². The SMILES string of the molecule is CCC(C)C1C(=O)NC(=O)N(C2CCCCC2)C1=O. The first-order chi connectivity index (χ1) is 9.06. The Kier molecular flexibility index (Phi) is 4.22. The largest absolute Gasteiger partial charge is 0.331 e. The van der Waals surface area contributed by atoms with Crippen LogP contribution in [0.3, 0.4) is 0 Å². The molecule has 2 rings (SSSR count). The number of barbiturate groups is 1. The van der Waals surface area contributed by atoms with Crippen LogP contribution in [0.4, 0.5) is 4.79 Å². The predicted molar refractivity (Wildman–Crippen MR) is 70.2 cm³/mol. The molecule has 2 aliphatic rings. The molecule has 5 heteroatoms. The van der Waals surface area contributed by atoms with E-state index in [0.29, 0.717) is 0 Å². The lowest BCUT2D eigenvalue weighted by atomic mass is 9.86. The van der Waals surface area contributed by atoms with Gasteiger partial charge >= 0.3 is 6.03 Å². The smallest absolute Gasteiger partial charge is 0.277 e. The molecule has 2 atom stereocenters. The number of nitrogens with zero attached hydrogens (tertiary/aromatic N) is 1. The molecular formula is C14H22N2O3. The summed E-state index contributed by atoms with van der Waals surface area (Å²) in [4.78, 5) is 37.6. The van der Waals surface area contributed by atoms with Crippen LogP contribution >= 0.6 is 0 Å². The number of amides is 4. The van der Waals surface area contributed by atoms with E-state index in [1.54, 1.807) is 0 Å². The highest BCUT2D eigenvalue weighted by Gasteiger charge is 2.45. The van der Waals surface area contributed by atoms with Crippen molar-refractivity contribution in [2.75, 3.05) is 0 Å². The number of carbonyl (C=O) groups excluding carboxylic acids is 3. The van der Waals surface area contributed by atoms with Gasteiger partial charge in [0.05, 0.1) is 0 Å². The highest BCUT2D eigenvalue weighted by atomic mass is 16.2. The average Bonchev–Trinajstić information content (AvgIpc) is 2.39. The minimum Gasteiger partial charge on any atom is -0.277 e. The topological polar surface area (TPSA) is 66.5 Å². The molecule has 2 unspecified atom stereocenters. The number of hydrogen-bond donors (Lipinski definition) is 1. The van der Waals surface area contributed by atoms with Crippen LogP contribution in [0.25, 0.3) is 0 Å². The molecule has 0 radical (unpaired) electrons. The molecular weight excluding hydrogens is 244 g/mol. The summed E-state index contributed by atoms with van der Waals surface area (Å²) in [6.07, 6.45) is 5.72. The van der Waals surface area contributed by atoms with Gasteiger partial charge in [-0.25, -0.2) is 4.79 Å². The second-order valence-electron chi connectivity index (χ2n) is 5.66. The first kappa shape index (κ1) is 14.0. The zero-order chi connectivity index (χ0) is 14.0. The summed E-state index contributed by atoms with van der Waals surface area (Å²) in [5, 5.41) is 2.35. The van der Waals surface area contributed by atoms with Gasteiger partial charge in [0.15, 0.2) is 0 Å². The summed E-state index contributed by atoms with van der Waals surface area (Å²) in [5.74, 6) is -1.47. The molecule has 0 aromatic carbocycles. The van der Waals surface area contributed by atoms with Crippen molar-refractivity contribution < 1.29 is 14.4 Å². The van der Waals surface area contributed by atoms with Crippen molar-refractivity contribution in [3.63, 3.8) is 0 Å². The maximum absolute atomic E-state index is 12.5. The molecule has 1 heterocycles. The molecule has 1 aliphatic carbocycles. The summed E-state index contributed by atoms with van der Waals surface area (Å²) in [6.45, 7) is 3.84. The number of urea groups is 1. The molecule has 0 aromatic rings. The summed E-state index contributed by atoms with van der Waals surface area (Å²) in [7, 11) is 0. The van der Waals surface area contributed by atoms with Crippen LogP contribution in [0.2, 0.25) is 0 Å². The molecule has 1 N–H and O–H groups in total. The van der Waals surface area contributed by atoms with E-state index in [4.69, 9.17) is 0 Å². The zero-order valence-corrected chi connectivity index (χ0v) is 11.6. The molecule has 0 spiro atoms. The van der Waals surface area contributed by atoms with E-state index in [1.165, 1.54) is 4.90 Å². The minimum atomic E-state index is -0.704. The Labute approximate surface area is 113 Å². The molecule has 1 aliphatic heterocycles. The molecule has 0 bridgehead atoms. The lowest BCUT2D eigenvalue weighted by Crippen LogP contribution is -2.62. The van der Waals surface area contributed by atoms with Crippen molar-refractivity contribution >= 4 is 17.8 Å². The van der Waals surface area contributed by atoms with Gasteiger partial charge in [0.2, 0.25) is 11.8 Å². The van der Waals surface area contributed by atoms with Crippen LogP contribution in [0, 0.1) is 11.8 Å². The third-order valence-corrected chi connectivity index (χ3v) is 4.39. The monoisotopic (exact) mass is 266 g/mol. The quantitative estimate of drug-likeness (QED) is 0.795. The van der Waals surface area contributed by atoms with E-state index in [9.17, 15) is 14.4 Å². The molecule has 4 amide bonds. The molecule has 2 fully saturated rings. The maximum Gasteiger partial charge on any atom is 0.331 e. The van der Waals surface area contributed by atoms with Gasteiger partial charge in [-0.15, -0.1) is 0 Å². The van der Waals surface area contributed by atoms with Crippen LogP contribution in [-0.2, 0) is 9.59 Å². The van der Waals surface area contributed by atoms with Crippen LogP contribution in [0.1, 0.15) is 52.4 Å². The van der Waals surface area contributed by atoms with Crippen molar-refractivity contribution in [1.82, 2.24) is 10.2 Å². The Morgan fingerprint density at radius 1 is 1.21 bits per heavy atom. The van der Waals surface area contributed by atoms with Gasteiger partial charge in [0, 0.05) is 6.04 Å². The molecule has 0 aromatic heterocycles. The Hall–Kier alpha value is -1.39. The Balaban J connectivity index is 2.19. The molecule has 1 saturated carbocycles. The van der Waals surface area contributed by atoms with E-state index in [2.05, 4.69) is 5.32 Å². The van der Waals surface area contributed by atoms with Gasteiger partial charge in [-0.1, -0.05) is 39.5 Å². The van der Waals surface area contributed by atoms with E-state index in [0.717, 1.165) is 38.5 Å². The van der Waals surface area contributed by atoms with Crippen molar-refractivity contribution in [3.05, 3.63) is 0 Å². The van der Waals surface area contributed by atoms with Crippen molar-refractivity contribution in [2.24, 2.45) is 11.8 Å². The second-order valence-corrected chi connectivity index (χ2v) is 5.66. The molecule has 106 valence electrons. The summed E-state index contributed by atoms with van der Waals surface area (Å²) < 4.78 is 0. The van der Waals surface area contributed by atoms with E-state index < -0.39 is 17.9 Å². The standard InChI is InChI=1S/C14H22N2O3/c1-3-9(2)11-12(17)15-14(19)16(13(11)18)10-7-5-4-6-8-10/h9-11H,3-8H2,1-2H3,(H,15,17,19). The first-order valence-corrected chi connectivity index (χ1v) is 7.24. The average molecular weight is 266 g/mol. The Morgan fingerprint density at radius 3 is 2.42 bits per heavy atom.